The number of fused-ring (bicyclic) bond motifs is 1. The van der Waals surface area contributed by atoms with Crippen LogP contribution < -0.4 is 10.6 Å². The molecule has 0 aliphatic carbocycles. The number of carbonyl (C=O) groups excluding carboxylic acids is 2. The number of pyridine rings is 1. The van der Waals surface area contributed by atoms with Gasteiger partial charge in [-0.2, -0.15) is 5.10 Å². The van der Waals surface area contributed by atoms with Crippen LogP contribution in [0.3, 0.4) is 0 Å². The number of nitrogens with zero attached hydrogens (tertiary/aromatic N) is 3. The second-order valence-electron chi connectivity index (χ2n) is 7.45. The zero-order chi connectivity index (χ0) is 21.8. The monoisotopic (exact) mass is 413 g/mol. The molecule has 0 aliphatic heterocycles. The van der Waals surface area contributed by atoms with Crippen molar-refractivity contribution < 1.29 is 9.59 Å². The average molecular weight is 413 g/mol. The normalized spacial score (nSPS) is 10.8. The van der Waals surface area contributed by atoms with Crippen LogP contribution in [0.4, 0.5) is 5.69 Å². The fourth-order valence-corrected chi connectivity index (χ4v) is 3.40. The molecule has 0 radical (unpaired) electrons. The number of hydrogen-bond donors (Lipinski definition) is 2. The minimum atomic E-state index is -0.179. The number of benzene rings is 2. The fraction of sp³-hybridized carbons (Fsp3) is 0.167. The second-order valence-corrected chi connectivity index (χ2v) is 7.45. The predicted octanol–water partition coefficient (Wildman–Crippen LogP) is 3.62. The zero-order valence-electron chi connectivity index (χ0n) is 17.4. The molecule has 2 N–H and O–H groups in total. The molecule has 0 aliphatic rings. The summed E-state index contributed by atoms with van der Waals surface area (Å²) in [7, 11) is 0. The standard InChI is InChI=1S/C24H23N5O2/c1-16-7-8-22-19(11-16)13-21(17(2)27-22)24(31)25-14-18-5-3-6-20(12-18)28-23(30)15-29-10-4-9-26-29/h3-13H,14-15H2,1-2H3,(H,25,31)(H,28,30). The second kappa shape index (κ2) is 8.79. The lowest BCUT2D eigenvalue weighted by molar-refractivity contribution is -0.116. The molecular weight excluding hydrogens is 390 g/mol. The lowest BCUT2D eigenvalue weighted by Gasteiger charge is -2.11. The molecule has 2 amide bonds. The first-order valence-electron chi connectivity index (χ1n) is 10.0. The van der Waals surface area contributed by atoms with Crippen LogP contribution in [0.2, 0.25) is 0 Å². The van der Waals surface area contributed by atoms with Gasteiger partial charge in [0, 0.05) is 30.0 Å². The lowest BCUT2D eigenvalue weighted by atomic mass is 10.1. The molecule has 156 valence electrons. The highest BCUT2D eigenvalue weighted by molar-refractivity contribution is 5.98. The van der Waals surface area contributed by atoms with E-state index >= 15 is 0 Å². The molecular formula is C24H23N5O2. The Labute approximate surface area is 180 Å². The Bertz CT molecular complexity index is 1250. The van der Waals surface area contributed by atoms with Gasteiger partial charge in [0.1, 0.15) is 6.54 Å². The van der Waals surface area contributed by atoms with Gasteiger partial charge < -0.3 is 10.6 Å². The van der Waals surface area contributed by atoms with Crippen molar-refractivity contribution in [3.05, 3.63) is 89.4 Å². The first kappa shape index (κ1) is 20.3. The van der Waals surface area contributed by atoms with Crippen molar-refractivity contribution in [2.24, 2.45) is 0 Å². The molecule has 7 nitrogen and oxygen atoms in total. The molecule has 2 heterocycles. The number of nitrogens with one attached hydrogen (secondary N) is 2. The van der Waals surface area contributed by atoms with Crippen LogP contribution in [0.15, 0.2) is 67.0 Å². The van der Waals surface area contributed by atoms with Gasteiger partial charge in [0.05, 0.1) is 16.8 Å². The maximum absolute atomic E-state index is 12.8. The highest BCUT2D eigenvalue weighted by atomic mass is 16.2. The Morgan fingerprint density at radius 3 is 2.71 bits per heavy atom. The van der Waals surface area contributed by atoms with Crippen molar-refractivity contribution in [3.8, 4) is 0 Å². The summed E-state index contributed by atoms with van der Waals surface area (Å²) < 4.78 is 1.56. The number of aryl methyl sites for hydroxylation is 2. The van der Waals surface area contributed by atoms with Crippen LogP contribution in [-0.2, 0) is 17.9 Å². The van der Waals surface area contributed by atoms with Crippen LogP contribution in [-0.4, -0.2) is 26.6 Å². The quantitative estimate of drug-likeness (QED) is 0.505. The minimum Gasteiger partial charge on any atom is -0.348 e. The highest BCUT2D eigenvalue weighted by Gasteiger charge is 2.12. The summed E-state index contributed by atoms with van der Waals surface area (Å²) in [5.74, 6) is -0.348. The largest absolute Gasteiger partial charge is 0.348 e. The van der Waals surface area contributed by atoms with E-state index in [0.717, 1.165) is 22.0 Å². The summed E-state index contributed by atoms with van der Waals surface area (Å²) >= 11 is 0. The zero-order valence-corrected chi connectivity index (χ0v) is 17.4. The molecule has 0 unspecified atom stereocenters. The van der Waals surface area contributed by atoms with Crippen molar-refractivity contribution in [1.29, 1.82) is 0 Å². The van der Waals surface area contributed by atoms with Gasteiger partial charge in [0.25, 0.3) is 5.91 Å². The number of rotatable bonds is 6. The number of hydrogen-bond acceptors (Lipinski definition) is 4. The minimum absolute atomic E-state index is 0.141. The summed E-state index contributed by atoms with van der Waals surface area (Å²) in [4.78, 5) is 29.5. The maximum atomic E-state index is 12.8. The summed E-state index contributed by atoms with van der Waals surface area (Å²) in [6.45, 7) is 4.33. The van der Waals surface area contributed by atoms with Gasteiger partial charge in [0.2, 0.25) is 5.91 Å². The van der Waals surface area contributed by atoms with Gasteiger partial charge >= 0.3 is 0 Å². The van der Waals surface area contributed by atoms with E-state index in [1.54, 1.807) is 23.1 Å². The Hall–Kier alpha value is -4.00. The summed E-state index contributed by atoms with van der Waals surface area (Å²) in [5, 5.41) is 10.8. The Kier molecular flexibility index (Phi) is 5.75. The number of amides is 2. The van der Waals surface area contributed by atoms with Crippen LogP contribution in [0.5, 0.6) is 0 Å². The molecule has 4 aromatic rings. The van der Waals surface area contributed by atoms with Crippen molar-refractivity contribution in [3.63, 3.8) is 0 Å². The molecule has 0 bridgehead atoms. The summed E-state index contributed by atoms with van der Waals surface area (Å²) in [6, 6.07) is 17.0. The first-order chi connectivity index (χ1) is 15.0. The summed E-state index contributed by atoms with van der Waals surface area (Å²) in [5.41, 5.74) is 4.79. The van der Waals surface area contributed by atoms with Crippen LogP contribution >= 0.6 is 0 Å². The highest BCUT2D eigenvalue weighted by Crippen LogP contribution is 2.18. The van der Waals surface area contributed by atoms with Gasteiger partial charge in [0.15, 0.2) is 0 Å². The third-order valence-corrected chi connectivity index (χ3v) is 4.93. The smallest absolute Gasteiger partial charge is 0.253 e. The van der Waals surface area contributed by atoms with Gasteiger partial charge in [-0.15, -0.1) is 0 Å². The first-order valence-corrected chi connectivity index (χ1v) is 10.0. The Morgan fingerprint density at radius 1 is 1.03 bits per heavy atom. The SMILES string of the molecule is Cc1ccc2nc(C)c(C(=O)NCc3cccc(NC(=O)Cn4cccn4)c3)cc2c1. The molecule has 31 heavy (non-hydrogen) atoms. The van der Waals surface area contributed by atoms with E-state index < -0.39 is 0 Å². The molecule has 0 fully saturated rings. The third kappa shape index (κ3) is 4.95. The van der Waals surface area contributed by atoms with Crippen molar-refractivity contribution in [2.45, 2.75) is 26.9 Å². The molecule has 0 atom stereocenters. The van der Waals surface area contributed by atoms with Crippen LogP contribution in [0, 0.1) is 13.8 Å². The average Bonchev–Trinajstić information content (AvgIpc) is 3.25. The molecule has 4 rings (SSSR count). The van der Waals surface area contributed by atoms with E-state index in [-0.39, 0.29) is 18.4 Å². The Morgan fingerprint density at radius 2 is 1.90 bits per heavy atom. The van der Waals surface area contributed by atoms with E-state index in [1.165, 1.54) is 0 Å². The molecule has 0 spiro atoms. The number of aromatic nitrogens is 3. The van der Waals surface area contributed by atoms with E-state index in [9.17, 15) is 9.59 Å². The number of carbonyl (C=O) groups is 2. The van der Waals surface area contributed by atoms with Gasteiger partial charge in [-0.3, -0.25) is 19.3 Å². The van der Waals surface area contributed by atoms with E-state index in [4.69, 9.17) is 0 Å². The Balaban J connectivity index is 1.41. The molecule has 2 aromatic carbocycles. The molecule has 0 saturated carbocycles. The fourth-order valence-electron chi connectivity index (χ4n) is 3.40. The van der Waals surface area contributed by atoms with Crippen molar-refractivity contribution >= 4 is 28.4 Å². The van der Waals surface area contributed by atoms with Gasteiger partial charge in [-0.05, 0) is 55.8 Å². The molecule has 7 heteroatoms. The van der Waals surface area contributed by atoms with Gasteiger partial charge in [-0.25, -0.2) is 0 Å². The van der Waals surface area contributed by atoms with Crippen LogP contribution in [0.1, 0.15) is 27.2 Å². The maximum Gasteiger partial charge on any atom is 0.253 e. The van der Waals surface area contributed by atoms with E-state index in [1.807, 2.05) is 62.4 Å². The van der Waals surface area contributed by atoms with Crippen molar-refractivity contribution in [1.82, 2.24) is 20.1 Å². The lowest BCUT2D eigenvalue weighted by Crippen LogP contribution is -2.24. The van der Waals surface area contributed by atoms with Crippen molar-refractivity contribution in [2.75, 3.05) is 5.32 Å². The summed E-state index contributed by atoms with van der Waals surface area (Å²) in [6.07, 6.45) is 3.36. The topological polar surface area (TPSA) is 88.9 Å². The number of anilines is 1. The van der Waals surface area contributed by atoms with Crippen LogP contribution in [0.25, 0.3) is 10.9 Å². The van der Waals surface area contributed by atoms with E-state index in [0.29, 0.717) is 23.5 Å². The van der Waals surface area contributed by atoms with E-state index in [2.05, 4.69) is 20.7 Å². The molecule has 2 aromatic heterocycles. The van der Waals surface area contributed by atoms with Gasteiger partial charge in [-0.1, -0.05) is 23.8 Å². The molecule has 0 saturated heterocycles. The predicted molar refractivity (Wildman–Crippen MR) is 120 cm³/mol. The third-order valence-electron chi connectivity index (χ3n) is 4.93.